The molecule has 2 aliphatic rings. The van der Waals surface area contributed by atoms with Crippen LogP contribution in [0.4, 0.5) is 0 Å². The summed E-state index contributed by atoms with van der Waals surface area (Å²) < 4.78 is 5.24. The summed E-state index contributed by atoms with van der Waals surface area (Å²) in [7, 11) is 0. The van der Waals surface area contributed by atoms with Crippen molar-refractivity contribution in [3.63, 3.8) is 0 Å². The number of ether oxygens (including phenoxy) is 1. The highest BCUT2D eigenvalue weighted by Crippen LogP contribution is 2.43. The number of aliphatic carboxylic acids is 1. The molecule has 15 heavy (non-hydrogen) atoms. The van der Waals surface area contributed by atoms with E-state index >= 15 is 0 Å². The second-order valence-corrected chi connectivity index (χ2v) is 4.35. The summed E-state index contributed by atoms with van der Waals surface area (Å²) in [5.41, 5.74) is -0.369. The summed E-state index contributed by atoms with van der Waals surface area (Å²) in [6.07, 6.45) is 1.68. The predicted octanol–water partition coefficient (Wildman–Crippen LogP) is 0.00390. The minimum atomic E-state index is -0.808. The molecule has 5 heteroatoms. The average molecular weight is 213 g/mol. The fraction of sp³-hybridized carbons (Fsp3) is 0.800. The van der Waals surface area contributed by atoms with Gasteiger partial charge >= 0.3 is 5.97 Å². The van der Waals surface area contributed by atoms with E-state index in [9.17, 15) is 9.59 Å². The fourth-order valence-electron chi connectivity index (χ4n) is 2.59. The van der Waals surface area contributed by atoms with E-state index in [1.165, 1.54) is 0 Å². The number of carbonyl (C=O) groups is 2. The Balaban J connectivity index is 2.21. The van der Waals surface area contributed by atoms with Gasteiger partial charge in [0.15, 0.2) is 0 Å². The molecule has 0 radical (unpaired) electrons. The van der Waals surface area contributed by atoms with Crippen LogP contribution in [-0.4, -0.2) is 36.7 Å². The van der Waals surface area contributed by atoms with E-state index in [0.717, 1.165) is 0 Å². The summed E-state index contributed by atoms with van der Waals surface area (Å²) >= 11 is 0. The Morgan fingerprint density at radius 3 is 2.73 bits per heavy atom. The number of hydrogen-bond acceptors (Lipinski definition) is 3. The summed E-state index contributed by atoms with van der Waals surface area (Å²) in [5, 5.41) is 11.8. The SMILES string of the molecule is O=C1CC2(CCOCC2)C(C(=O)O)CN1. The number of carbonyl (C=O) groups excluding carboxylic acids is 1. The second kappa shape index (κ2) is 3.81. The smallest absolute Gasteiger partial charge is 0.308 e. The lowest BCUT2D eigenvalue weighted by Crippen LogP contribution is -2.53. The van der Waals surface area contributed by atoms with Crippen molar-refractivity contribution >= 4 is 11.9 Å². The van der Waals surface area contributed by atoms with Crippen LogP contribution in [0.2, 0.25) is 0 Å². The van der Waals surface area contributed by atoms with Crippen molar-refractivity contribution < 1.29 is 19.4 Å². The maximum absolute atomic E-state index is 11.4. The molecule has 1 amide bonds. The molecule has 2 rings (SSSR count). The highest BCUT2D eigenvalue weighted by atomic mass is 16.5. The van der Waals surface area contributed by atoms with Gasteiger partial charge in [0.1, 0.15) is 0 Å². The molecule has 0 aromatic carbocycles. The lowest BCUT2D eigenvalue weighted by molar-refractivity contribution is -0.155. The Bertz CT molecular complexity index is 283. The molecule has 2 N–H and O–H groups in total. The van der Waals surface area contributed by atoms with Gasteiger partial charge in [-0.15, -0.1) is 0 Å². The zero-order valence-corrected chi connectivity index (χ0v) is 8.49. The standard InChI is InChI=1S/C10H15NO4/c12-8-5-10(1-3-15-4-2-10)7(6-11-8)9(13)14/h7H,1-6H2,(H,11,12)(H,13,14). The Morgan fingerprint density at radius 1 is 1.47 bits per heavy atom. The summed E-state index contributed by atoms with van der Waals surface area (Å²) in [6.45, 7) is 1.39. The van der Waals surface area contributed by atoms with Gasteiger partial charge in [0.05, 0.1) is 5.92 Å². The molecule has 5 nitrogen and oxygen atoms in total. The lowest BCUT2D eigenvalue weighted by atomic mass is 9.65. The third-order valence-corrected chi connectivity index (χ3v) is 3.54. The number of carboxylic acids is 1. The first kappa shape index (κ1) is 10.4. The second-order valence-electron chi connectivity index (χ2n) is 4.35. The average Bonchev–Trinajstić information content (AvgIpc) is 2.18. The van der Waals surface area contributed by atoms with E-state index in [2.05, 4.69) is 5.32 Å². The molecule has 2 saturated heterocycles. The molecule has 2 heterocycles. The van der Waals surface area contributed by atoms with E-state index in [1.807, 2.05) is 0 Å². The van der Waals surface area contributed by atoms with E-state index in [4.69, 9.17) is 9.84 Å². The van der Waals surface area contributed by atoms with Crippen LogP contribution in [0.5, 0.6) is 0 Å². The molecule has 84 valence electrons. The van der Waals surface area contributed by atoms with E-state index < -0.39 is 11.9 Å². The number of nitrogens with one attached hydrogen (secondary N) is 1. The molecule has 1 spiro atoms. The molecular weight excluding hydrogens is 198 g/mol. The van der Waals surface area contributed by atoms with Crippen LogP contribution in [0.1, 0.15) is 19.3 Å². The number of amides is 1. The number of carboxylic acid groups (broad SMARTS) is 1. The normalized spacial score (nSPS) is 29.9. The van der Waals surface area contributed by atoms with Crippen molar-refractivity contribution in [3.05, 3.63) is 0 Å². The molecule has 2 fully saturated rings. The molecule has 0 aromatic heterocycles. The van der Waals surface area contributed by atoms with Gasteiger partial charge in [0, 0.05) is 26.2 Å². The van der Waals surface area contributed by atoms with Gasteiger partial charge in [-0.1, -0.05) is 0 Å². The number of rotatable bonds is 1. The monoisotopic (exact) mass is 213 g/mol. The minimum Gasteiger partial charge on any atom is -0.481 e. The molecule has 1 atom stereocenters. The van der Waals surface area contributed by atoms with Gasteiger partial charge in [-0.25, -0.2) is 0 Å². The van der Waals surface area contributed by atoms with Crippen LogP contribution in [0.3, 0.4) is 0 Å². The summed E-state index contributed by atoms with van der Waals surface area (Å²) in [4.78, 5) is 22.5. The number of hydrogen-bond donors (Lipinski definition) is 2. The lowest BCUT2D eigenvalue weighted by Gasteiger charge is -2.44. The first-order chi connectivity index (χ1) is 7.14. The van der Waals surface area contributed by atoms with E-state index in [0.29, 0.717) is 32.5 Å². The van der Waals surface area contributed by atoms with Crippen LogP contribution in [0, 0.1) is 11.3 Å². The van der Waals surface area contributed by atoms with Crippen molar-refractivity contribution in [1.29, 1.82) is 0 Å². The van der Waals surface area contributed by atoms with Crippen LogP contribution < -0.4 is 5.32 Å². The van der Waals surface area contributed by atoms with Gasteiger partial charge in [-0.3, -0.25) is 9.59 Å². The first-order valence-corrected chi connectivity index (χ1v) is 5.21. The van der Waals surface area contributed by atoms with Crippen LogP contribution in [0.15, 0.2) is 0 Å². The van der Waals surface area contributed by atoms with E-state index in [1.54, 1.807) is 0 Å². The van der Waals surface area contributed by atoms with Gasteiger partial charge in [-0.05, 0) is 18.3 Å². The maximum Gasteiger partial charge on any atom is 0.308 e. The summed E-state index contributed by atoms with van der Waals surface area (Å²) in [5.74, 6) is -1.30. The van der Waals surface area contributed by atoms with Crippen LogP contribution in [-0.2, 0) is 14.3 Å². The fourth-order valence-corrected chi connectivity index (χ4v) is 2.59. The molecule has 0 bridgehead atoms. The van der Waals surface area contributed by atoms with E-state index in [-0.39, 0.29) is 17.9 Å². The summed E-state index contributed by atoms with van der Waals surface area (Å²) in [6, 6.07) is 0. The third kappa shape index (κ3) is 1.84. The molecular formula is C10H15NO4. The van der Waals surface area contributed by atoms with Crippen LogP contribution in [0.25, 0.3) is 0 Å². The van der Waals surface area contributed by atoms with Crippen molar-refractivity contribution in [2.75, 3.05) is 19.8 Å². The van der Waals surface area contributed by atoms with Crippen LogP contribution >= 0.6 is 0 Å². The number of piperidine rings is 1. The van der Waals surface area contributed by atoms with Crippen molar-refractivity contribution in [2.24, 2.45) is 11.3 Å². The topological polar surface area (TPSA) is 75.6 Å². The van der Waals surface area contributed by atoms with Gasteiger partial charge in [0.25, 0.3) is 0 Å². The van der Waals surface area contributed by atoms with Gasteiger partial charge < -0.3 is 15.2 Å². The Hall–Kier alpha value is -1.10. The van der Waals surface area contributed by atoms with Crippen molar-refractivity contribution in [1.82, 2.24) is 5.32 Å². The zero-order valence-electron chi connectivity index (χ0n) is 8.49. The Labute approximate surface area is 87.8 Å². The predicted molar refractivity (Wildman–Crippen MR) is 51.2 cm³/mol. The molecule has 0 aliphatic carbocycles. The third-order valence-electron chi connectivity index (χ3n) is 3.54. The van der Waals surface area contributed by atoms with Crippen molar-refractivity contribution in [3.8, 4) is 0 Å². The van der Waals surface area contributed by atoms with Crippen molar-refractivity contribution in [2.45, 2.75) is 19.3 Å². The quantitative estimate of drug-likeness (QED) is 0.643. The molecule has 1 unspecified atom stereocenters. The molecule has 0 aromatic rings. The molecule has 0 saturated carbocycles. The highest BCUT2D eigenvalue weighted by molar-refractivity contribution is 5.82. The first-order valence-electron chi connectivity index (χ1n) is 5.21. The minimum absolute atomic E-state index is 0.0330. The van der Waals surface area contributed by atoms with Gasteiger partial charge in [-0.2, -0.15) is 0 Å². The largest absolute Gasteiger partial charge is 0.481 e. The zero-order chi connectivity index (χ0) is 10.9. The highest BCUT2D eigenvalue weighted by Gasteiger charge is 2.48. The maximum atomic E-state index is 11.4. The Kier molecular flexibility index (Phi) is 2.65. The Morgan fingerprint density at radius 2 is 2.13 bits per heavy atom. The van der Waals surface area contributed by atoms with Gasteiger partial charge in [0.2, 0.25) is 5.91 Å². The molecule has 2 aliphatic heterocycles.